The Balaban J connectivity index is 1.53. The Bertz CT molecular complexity index is 1510. The lowest BCUT2D eigenvalue weighted by molar-refractivity contribution is -0.508. The zero-order valence-electron chi connectivity index (χ0n) is 20.5. The van der Waals surface area contributed by atoms with Crippen LogP contribution in [0.4, 0.5) is 5.69 Å². The van der Waals surface area contributed by atoms with E-state index in [1.54, 1.807) is 24.1 Å². The molecule has 1 fully saturated rings. The number of aliphatic hydroxyl groups excluding tert-OH is 1. The van der Waals surface area contributed by atoms with Gasteiger partial charge < -0.3 is 14.7 Å². The number of hydrogen-bond donors (Lipinski definition) is 1. The molecule has 0 radical (unpaired) electrons. The lowest BCUT2D eigenvalue weighted by Gasteiger charge is -2.46. The summed E-state index contributed by atoms with van der Waals surface area (Å²) in [4.78, 5) is 39.8. The smallest absolute Gasteiger partial charge is 0.355 e. The lowest BCUT2D eigenvalue weighted by Crippen LogP contribution is -2.63. The molecule has 4 heterocycles. The second-order valence-corrected chi connectivity index (χ2v) is 11.6. The van der Waals surface area contributed by atoms with Crippen molar-refractivity contribution in [2.24, 2.45) is 18.9 Å². The Hall–Kier alpha value is -3.42. The number of aryl methyl sites for hydroxylation is 1. The van der Waals surface area contributed by atoms with E-state index in [0.29, 0.717) is 16.2 Å². The summed E-state index contributed by atoms with van der Waals surface area (Å²) in [7, 11) is 0.570. The molecule has 2 aromatic heterocycles. The van der Waals surface area contributed by atoms with Gasteiger partial charge in [0.15, 0.2) is 0 Å². The summed E-state index contributed by atoms with van der Waals surface area (Å²) < 4.78 is 21.5. The number of carbonyl (C=O) groups excluding carboxylic acids is 2. The minimum Gasteiger partial charge on any atom is -0.456 e. The molecule has 11 nitrogen and oxygen atoms in total. The number of hydrogen-bond acceptors (Lipinski definition) is 8. The average Bonchev–Trinajstić information content (AvgIpc) is 3.43. The van der Waals surface area contributed by atoms with Gasteiger partial charge in [0.05, 0.1) is 45.7 Å². The van der Waals surface area contributed by atoms with Gasteiger partial charge in [0.1, 0.15) is 18.5 Å². The molecule has 1 N–H and O–H groups in total. The highest BCUT2D eigenvalue weighted by Gasteiger charge is 2.60. The molecule has 13 heteroatoms. The maximum atomic E-state index is 13.4. The number of esters is 1. The predicted octanol–water partition coefficient (Wildman–Crippen LogP) is 1.78. The Morgan fingerprint density at radius 2 is 2.03 bits per heavy atom. The van der Waals surface area contributed by atoms with Crippen molar-refractivity contribution in [3.8, 4) is 0 Å². The van der Waals surface area contributed by atoms with Crippen LogP contribution in [0.2, 0.25) is 0 Å². The minimum absolute atomic E-state index is 0.0715. The topological polar surface area (TPSA) is 136 Å². The van der Waals surface area contributed by atoms with E-state index >= 15 is 0 Å². The average molecular weight is 546 g/mol. The van der Waals surface area contributed by atoms with Gasteiger partial charge in [-0.2, -0.15) is 4.40 Å². The summed E-state index contributed by atoms with van der Waals surface area (Å²) in [5.74, 6) is -1.92. The van der Waals surface area contributed by atoms with Gasteiger partial charge in [-0.25, -0.2) is 9.36 Å². The Morgan fingerprint density at radius 3 is 2.62 bits per heavy atom. The number of benzene rings is 1. The number of ether oxygens (including phenoxy) is 1. The number of β-lactam (4-membered cyclic amide) rings is 1. The van der Waals surface area contributed by atoms with Gasteiger partial charge in [0.2, 0.25) is 22.1 Å². The summed E-state index contributed by atoms with van der Waals surface area (Å²) in [5.41, 5.74) is 1.26. The van der Waals surface area contributed by atoms with Crippen LogP contribution >= 0.6 is 11.3 Å². The number of nitrogens with zero attached hydrogens (tertiary/aromatic N) is 4. The summed E-state index contributed by atoms with van der Waals surface area (Å²) in [6.45, 7) is 3.35. The molecular weight excluding hydrogens is 520 g/mol. The van der Waals surface area contributed by atoms with Crippen molar-refractivity contribution in [3.63, 3.8) is 0 Å². The Labute approximate surface area is 218 Å². The van der Waals surface area contributed by atoms with E-state index in [1.807, 2.05) is 24.6 Å². The molecule has 3 aromatic rings. The van der Waals surface area contributed by atoms with Crippen molar-refractivity contribution >= 4 is 50.1 Å². The molecule has 1 amide bonds. The van der Waals surface area contributed by atoms with Crippen LogP contribution < -0.4 is 4.40 Å². The number of non-ortho nitro benzene ring substituents is 1. The first-order valence-electron chi connectivity index (χ1n) is 11.5. The number of amides is 1. The summed E-state index contributed by atoms with van der Waals surface area (Å²) >= 11 is 1.38. The lowest BCUT2D eigenvalue weighted by atomic mass is 9.77. The second kappa shape index (κ2) is 9.15. The number of aromatic nitrogens is 2. The molecule has 0 bridgehead atoms. The van der Waals surface area contributed by atoms with Gasteiger partial charge in [0.25, 0.3) is 5.69 Å². The quantitative estimate of drug-likeness (QED) is 0.157. The van der Waals surface area contributed by atoms with Crippen LogP contribution in [0.15, 0.2) is 47.5 Å². The molecule has 0 aliphatic carbocycles. The van der Waals surface area contributed by atoms with E-state index in [0.717, 1.165) is 9.71 Å². The maximum Gasteiger partial charge on any atom is 0.355 e. The number of thiazole rings is 1. The van der Waals surface area contributed by atoms with E-state index in [2.05, 4.69) is 0 Å². The maximum absolute atomic E-state index is 13.4. The van der Waals surface area contributed by atoms with E-state index in [9.17, 15) is 29.0 Å². The molecule has 1 aromatic carbocycles. The molecule has 2 aliphatic rings. The van der Waals surface area contributed by atoms with Gasteiger partial charge in [-0.05, 0) is 24.6 Å². The third-order valence-corrected chi connectivity index (χ3v) is 9.22. The Morgan fingerprint density at radius 1 is 1.35 bits per heavy atom. The largest absolute Gasteiger partial charge is 0.456 e. The minimum atomic E-state index is -1.24. The molecule has 37 heavy (non-hydrogen) atoms. The van der Waals surface area contributed by atoms with Crippen molar-refractivity contribution in [1.82, 2.24) is 9.47 Å². The first kappa shape index (κ1) is 25.2. The third kappa shape index (κ3) is 3.97. The standard InChI is InChI=1S/C24H25N4O7S2/c1-12-17(16-9-26-11-25(3)23(37(4)34)22(26)36-16)20(27-19(12)18(13(2)29)21(27)30)24(31)35-10-14-5-7-15(8-6-14)28(32)33/h5-9,11-13,18-19,29H,10H2,1-4H3/q+1/t12-,13+,18+,19-,37?/m0/s1. The van der Waals surface area contributed by atoms with Crippen molar-refractivity contribution in [3.05, 3.63) is 63.0 Å². The zero-order chi connectivity index (χ0) is 26.8. The van der Waals surface area contributed by atoms with Crippen molar-refractivity contribution in [2.75, 3.05) is 6.26 Å². The molecule has 1 saturated heterocycles. The second-order valence-electron chi connectivity index (χ2n) is 9.31. The fraction of sp³-hybridized carbons (Fsp3) is 0.375. The van der Waals surface area contributed by atoms with Crippen LogP contribution in [0.25, 0.3) is 10.4 Å². The van der Waals surface area contributed by atoms with E-state index in [4.69, 9.17) is 4.74 Å². The van der Waals surface area contributed by atoms with E-state index < -0.39 is 33.7 Å². The first-order valence-corrected chi connectivity index (χ1v) is 13.9. The monoisotopic (exact) mass is 545 g/mol. The van der Waals surface area contributed by atoms with Crippen LogP contribution in [0.1, 0.15) is 24.3 Å². The molecule has 1 unspecified atom stereocenters. The predicted molar refractivity (Wildman–Crippen MR) is 134 cm³/mol. The van der Waals surface area contributed by atoms with Gasteiger partial charge in [-0.15, -0.1) is 0 Å². The molecule has 5 rings (SSSR count). The van der Waals surface area contributed by atoms with Gasteiger partial charge in [-0.3, -0.25) is 19.1 Å². The highest BCUT2D eigenvalue weighted by atomic mass is 32.2. The summed E-state index contributed by atoms with van der Waals surface area (Å²) in [6.07, 6.45) is 4.38. The fourth-order valence-corrected chi connectivity index (χ4v) is 7.75. The first-order chi connectivity index (χ1) is 17.5. The van der Waals surface area contributed by atoms with Gasteiger partial charge in [-0.1, -0.05) is 18.3 Å². The van der Waals surface area contributed by atoms with E-state index in [-0.39, 0.29) is 35.9 Å². The number of aliphatic hydroxyl groups is 1. The van der Waals surface area contributed by atoms with Crippen molar-refractivity contribution in [1.29, 1.82) is 0 Å². The van der Waals surface area contributed by atoms with Crippen LogP contribution in [-0.2, 0) is 38.8 Å². The molecule has 5 atom stereocenters. The third-order valence-electron chi connectivity index (χ3n) is 6.92. The molecule has 194 valence electrons. The summed E-state index contributed by atoms with van der Waals surface area (Å²) in [5, 5.41) is 21.8. The normalized spacial score (nSPS) is 22.7. The van der Waals surface area contributed by atoms with Crippen molar-refractivity contribution < 1.29 is 33.0 Å². The number of imidazole rings is 1. The summed E-state index contributed by atoms with van der Waals surface area (Å²) in [6, 6.07) is 5.29. The number of rotatable bonds is 7. The van der Waals surface area contributed by atoms with Crippen LogP contribution in [0, 0.1) is 22.0 Å². The number of nitro groups is 1. The fourth-order valence-electron chi connectivity index (χ4n) is 5.26. The number of fused-ring (bicyclic) bond motifs is 2. The zero-order valence-corrected chi connectivity index (χ0v) is 22.1. The molecule has 0 spiro atoms. The van der Waals surface area contributed by atoms with Crippen molar-refractivity contribution in [2.45, 2.75) is 37.6 Å². The molecule has 2 aliphatic heterocycles. The van der Waals surface area contributed by atoms with Crippen LogP contribution in [0.3, 0.4) is 0 Å². The Kier molecular flexibility index (Phi) is 6.24. The van der Waals surface area contributed by atoms with Crippen LogP contribution in [0.5, 0.6) is 0 Å². The molecule has 0 saturated carbocycles. The number of nitro benzene ring substituents is 1. The van der Waals surface area contributed by atoms with E-state index in [1.165, 1.54) is 40.5 Å². The molecular formula is C24H25N4O7S2+. The SMILES string of the molecule is C[C@@H](O)[C@H]1C(=O)N2C(C(=O)OCc3ccc([N+](=O)[O-])cc3)=C(c3c[n+]4cn(C)c(S(C)=O)c4s3)[C@H](C)[C@@H]12. The van der Waals surface area contributed by atoms with Gasteiger partial charge >= 0.3 is 5.97 Å². The van der Waals surface area contributed by atoms with Crippen LogP contribution in [-0.4, -0.2) is 54.0 Å². The van der Waals surface area contributed by atoms with Gasteiger partial charge in [0, 0.05) is 29.9 Å². The highest BCUT2D eigenvalue weighted by molar-refractivity contribution is 7.84. The number of carbonyl (C=O) groups is 2. The highest BCUT2D eigenvalue weighted by Crippen LogP contribution is 2.51.